The number of rotatable bonds is 12. The van der Waals surface area contributed by atoms with Crippen molar-refractivity contribution >= 4 is 66.1 Å². The highest BCUT2D eigenvalue weighted by atomic mass is 35.5. The van der Waals surface area contributed by atoms with Gasteiger partial charge in [0.1, 0.15) is 11.4 Å². The lowest BCUT2D eigenvalue weighted by atomic mass is 10.1. The molecule has 0 aliphatic heterocycles. The Morgan fingerprint density at radius 2 is 0.964 bits per heavy atom. The van der Waals surface area contributed by atoms with Crippen molar-refractivity contribution in [2.24, 2.45) is 0 Å². The van der Waals surface area contributed by atoms with Crippen LogP contribution in [0.25, 0.3) is 21.1 Å². The van der Waals surface area contributed by atoms with Gasteiger partial charge in [-0.1, -0.05) is 115 Å². The van der Waals surface area contributed by atoms with E-state index in [9.17, 15) is 16.8 Å². The van der Waals surface area contributed by atoms with Crippen LogP contribution in [0.3, 0.4) is 0 Å². The molecular formula is C40H31ClN4O6S4. The number of anilines is 2. The smallest absolute Gasteiger partial charge is 0.264 e. The third kappa shape index (κ3) is 9.60. The van der Waals surface area contributed by atoms with Crippen LogP contribution < -0.4 is 9.44 Å². The first-order chi connectivity index (χ1) is 26.6. The van der Waals surface area contributed by atoms with Crippen LogP contribution in [0, 0.1) is 0 Å². The molecule has 4 aromatic heterocycles. The molecule has 0 fully saturated rings. The van der Waals surface area contributed by atoms with E-state index < -0.39 is 20.0 Å². The van der Waals surface area contributed by atoms with E-state index in [0.29, 0.717) is 40.3 Å². The molecule has 0 atom stereocenters. The predicted octanol–water partition coefficient (Wildman–Crippen LogP) is 10.2. The van der Waals surface area contributed by atoms with Gasteiger partial charge >= 0.3 is 0 Å². The summed E-state index contributed by atoms with van der Waals surface area (Å²) in [7, 11) is -7.57. The molecule has 4 aromatic carbocycles. The van der Waals surface area contributed by atoms with E-state index >= 15 is 0 Å². The van der Waals surface area contributed by atoms with E-state index in [0.717, 1.165) is 20.9 Å². The monoisotopic (exact) mass is 826 g/mol. The summed E-state index contributed by atoms with van der Waals surface area (Å²) in [5, 5.41) is 1.91. The van der Waals surface area contributed by atoms with Crippen molar-refractivity contribution in [2.75, 3.05) is 9.44 Å². The number of nitrogens with one attached hydrogen (secondary N) is 2. The van der Waals surface area contributed by atoms with Gasteiger partial charge in [0, 0.05) is 12.8 Å². The second-order valence-corrected chi connectivity index (χ2v) is 17.8. The van der Waals surface area contributed by atoms with E-state index in [1.54, 1.807) is 48.5 Å². The van der Waals surface area contributed by atoms with Crippen molar-refractivity contribution in [1.82, 2.24) is 9.97 Å². The van der Waals surface area contributed by atoms with Crippen molar-refractivity contribution in [3.8, 4) is 21.1 Å². The third-order valence-electron chi connectivity index (χ3n) is 7.86. The lowest BCUT2D eigenvalue weighted by molar-refractivity contribution is 0.520. The summed E-state index contributed by atoms with van der Waals surface area (Å²) in [6, 6.07) is 43.1. The highest BCUT2D eigenvalue weighted by Crippen LogP contribution is 2.37. The zero-order valence-electron chi connectivity index (χ0n) is 28.7. The molecule has 0 amide bonds. The van der Waals surface area contributed by atoms with E-state index in [1.165, 1.54) is 46.9 Å². The summed E-state index contributed by atoms with van der Waals surface area (Å²) < 4.78 is 68.1. The second-order valence-electron chi connectivity index (χ2n) is 11.8. The molecule has 0 bridgehead atoms. The van der Waals surface area contributed by atoms with Crippen LogP contribution in [0.5, 0.6) is 0 Å². The average molecular weight is 827 g/mol. The van der Waals surface area contributed by atoms with E-state index in [2.05, 4.69) is 19.4 Å². The zero-order valence-corrected chi connectivity index (χ0v) is 32.7. The number of oxazole rings is 2. The normalized spacial score (nSPS) is 11.4. The molecule has 0 spiro atoms. The van der Waals surface area contributed by atoms with Crippen LogP contribution >= 0.6 is 34.3 Å². The van der Waals surface area contributed by atoms with Crippen molar-refractivity contribution in [1.29, 1.82) is 0 Å². The molecule has 0 radical (unpaired) electrons. The molecule has 8 aromatic rings. The van der Waals surface area contributed by atoms with Crippen molar-refractivity contribution in [3.63, 3.8) is 0 Å². The molecular weight excluding hydrogens is 796 g/mol. The van der Waals surface area contributed by atoms with Crippen LogP contribution in [0.2, 0.25) is 4.34 Å². The number of thiophene rings is 2. The van der Waals surface area contributed by atoms with Gasteiger partial charge in [0.15, 0.2) is 0 Å². The Hall–Kier alpha value is -5.51. The fraction of sp³-hybridized carbons (Fsp3) is 0.0500. The Bertz CT molecular complexity index is 2690. The average Bonchev–Trinajstić information content (AvgIpc) is 4.02. The van der Waals surface area contributed by atoms with Crippen molar-refractivity contribution in [3.05, 3.63) is 178 Å². The molecule has 10 nitrogen and oxygen atoms in total. The maximum Gasteiger partial charge on any atom is 0.264 e. The van der Waals surface area contributed by atoms with Gasteiger partial charge in [-0.25, -0.2) is 36.2 Å². The fourth-order valence-corrected chi connectivity index (χ4v) is 9.08. The zero-order chi connectivity index (χ0) is 38.3. The van der Waals surface area contributed by atoms with Gasteiger partial charge in [-0.2, -0.15) is 0 Å². The minimum atomic E-state index is -3.81. The van der Waals surface area contributed by atoms with Gasteiger partial charge in [-0.3, -0.25) is 0 Å². The van der Waals surface area contributed by atoms with Crippen LogP contribution in [-0.2, 0) is 32.9 Å². The predicted molar refractivity (Wildman–Crippen MR) is 218 cm³/mol. The Morgan fingerprint density at radius 3 is 1.36 bits per heavy atom. The highest BCUT2D eigenvalue weighted by molar-refractivity contribution is 7.93. The number of sulfonamides is 2. The number of nitrogens with zero attached hydrogens (tertiary/aromatic N) is 2. The lowest BCUT2D eigenvalue weighted by Gasteiger charge is -2.06. The Balaban J connectivity index is 0.000000169. The van der Waals surface area contributed by atoms with Crippen LogP contribution in [0.4, 0.5) is 11.8 Å². The second kappa shape index (κ2) is 16.9. The first-order valence-electron chi connectivity index (χ1n) is 16.7. The topological polar surface area (TPSA) is 144 Å². The molecule has 55 heavy (non-hydrogen) atoms. The van der Waals surface area contributed by atoms with Gasteiger partial charge in [0.05, 0.1) is 23.9 Å². The van der Waals surface area contributed by atoms with Crippen molar-refractivity contribution in [2.45, 2.75) is 22.6 Å². The SMILES string of the molecule is O=S(=O)(Nc1oc(Cc2ccccc2)nc1-c1ccc(Cl)s1)c1ccccc1.O=S(=O)(Nc1oc(Cc2ccccc2)nc1-c1cccs1)c1ccccc1. The van der Waals surface area contributed by atoms with Crippen LogP contribution in [0.15, 0.2) is 170 Å². The Kier molecular flexibility index (Phi) is 11.6. The summed E-state index contributed by atoms with van der Waals surface area (Å²) in [6.07, 6.45) is 0.923. The fourth-order valence-electron chi connectivity index (χ4n) is 5.31. The van der Waals surface area contributed by atoms with E-state index in [-0.39, 0.29) is 21.6 Å². The number of hydrogen-bond acceptors (Lipinski definition) is 10. The Morgan fingerprint density at radius 1 is 0.527 bits per heavy atom. The number of hydrogen-bond donors (Lipinski definition) is 2. The van der Waals surface area contributed by atoms with Crippen LogP contribution in [-0.4, -0.2) is 26.8 Å². The molecule has 278 valence electrons. The third-order valence-corrected chi connectivity index (χ3v) is 12.7. The molecule has 8 rings (SSSR count). The maximum absolute atomic E-state index is 12.7. The molecule has 0 unspecified atom stereocenters. The number of halogens is 1. The van der Waals surface area contributed by atoms with Gasteiger partial charge in [0.2, 0.25) is 23.5 Å². The summed E-state index contributed by atoms with van der Waals surface area (Å²) in [6.45, 7) is 0. The van der Waals surface area contributed by atoms with Crippen molar-refractivity contribution < 1.29 is 25.7 Å². The van der Waals surface area contributed by atoms with Gasteiger partial charge in [-0.05, 0) is 59.0 Å². The van der Waals surface area contributed by atoms with E-state index in [1.807, 2.05) is 78.2 Å². The molecule has 0 saturated carbocycles. The molecule has 2 N–H and O–H groups in total. The molecule has 15 heteroatoms. The minimum Gasteiger partial charge on any atom is -0.423 e. The number of aromatic nitrogens is 2. The van der Waals surface area contributed by atoms with Crippen LogP contribution in [0.1, 0.15) is 22.9 Å². The summed E-state index contributed by atoms with van der Waals surface area (Å²) >= 11 is 8.83. The highest BCUT2D eigenvalue weighted by Gasteiger charge is 2.24. The molecule has 4 heterocycles. The van der Waals surface area contributed by atoms with Gasteiger partial charge in [-0.15, -0.1) is 22.7 Å². The summed E-state index contributed by atoms with van der Waals surface area (Å²) in [5.74, 6) is 1.08. The van der Waals surface area contributed by atoms with E-state index in [4.69, 9.17) is 20.4 Å². The molecule has 0 aliphatic carbocycles. The lowest BCUT2D eigenvalue weighted by Crippen LogP contribution is -2.12. The molecule has 0 aliphatic rings. The standard InChI is InChI=1S/C20H15ClN2O3S2.C20H16N2O3S2/c21-17-12-11-16(27-17)19-20(23-28(24,25)15-9-5-2-6-10-15)26-18(22-19)13-14-7-3-1-4-8-14;23-27(24,16-10-5-2-6-11-16)22-20-19(17-12-7-13-26-17)21-18(25-20)14-15-8-3-1-4-9-15/h1-12,23H,13H2;1-13,22H,14H2. The largest absolute Gasteiger partial charge is 0.423 e. The Labute approximate surface area is 331 Å². The molecule has 0 saturated heterocycles. The first kappa shape index (κ1) is 37.8. The quantitative estimate of drug-likeness (QED) is 0.124. The van der Waals surface area contributed by atoms with Gasteiger partial charge < -0.3 is 8.83 Å². The summed E-state index contributed by atoms with van der Waals surface area (Å²) in [4.78, 5) is 10.9. The van der Waals surface area contributed by atoms with Gasteiger partial charge in [0.25, 0.3) is 20.0 Å². The number of benzene rings is 4. The minimum absolute atomic E-state index is 0.0771. The first-order valence-corrected chi connectivity index (χ1v) is 21.7. The maximum atomic E-state index is 12.7. The summed E-state index contributed by atoms with van der Waals surface area (Å²) in [5.41, 5.74) is 2.96.